The number of rotatable bonds is 8. The molecule has 0 saturated heterocycles. The Labute approximate surface area is 381 Å². The smallest absolute Gasteiger partial charge is 0.0547 e. The second kappa shape index (κ2) is 15.6. The highest BCUT2D eigenvalue weighted by Gasteiger charge is 2.35. The third kappa shape index (κ3) is 6.65. The minimum absolute atomic E-state index is 0.0381. The first-order valence-corrected chi connectivity index (χ1v) is 22.6. The number of benzene rings is 10. The summed E-state index contributed by atoms with van der Waals surface area (Å²) in [6.45, 7) is 4.69. The van der Waals surface area contributed by atoms with Crippen molar-refractivity contribution in [3.63, 3.8) is 0 Å². The minimum Gasteiger partial charge on any atom is -0.310 e. The van der Waals surface area contributed by atoms with Crippen molar-refractivity contribution in [3.05, 3.63) is 254 Å². The molecule has 10 aromatic carbocycles. The van der Waals surface area contributed by atoms with E-state index < -0.39 is 0 Å². The summed E-state index contributed by atoms with van der Waals surface area (Å²) in [7, 11) is 0. The first kappa shape index (κ1) is 38.5. The zero-order valence-electron chi connectivity index (χ0n) is 36.5. The third-order valence-electron chi connectivity index (χ3n) is 13.6. The summed E-state index contributed by atoms with van der Waals surface area (Å²) in [5.41, 5.74) is 21.8. The molecule has 2 heteroatoms. The van der Waals surface area contributed by atoms with Crippen LogP contribution in [0.4, 0.5) is 17.1 Å². The van der Waals surface area contributed by atoms with Gasteiger partial charge in [-0.3, -0.25) is 0 Å². The first-order chi connectivity index (χ1) is 32.0. The molecular formula is C63H46N2. The maximum Gasteiger partial charge on any atom is 0.0547 e. The van der Waals surface area contributed by atoms with Gasteiger partial charge in [0, 0.05) is 38.9 Å². The number of hydrogen-bond acceptors (Lipinski definition) is 1. The maximum atomic E-state index is 2.46. The van der Waals surface area contributed by atoms with Crippen LogP contribution in [-0.2, 0) is 5.41 Å². The van der Waals surface area contributed by atoms with Gasteiger partial charge in [0.1, 0.15) is 0 Å². The fraction of sp³-hybridized carbons (Fsp3) is 0.0476. The molecule has 0 aliphatic heterocycles. The zero-order chi connectivity index (χ0) is 43.5. The van der Waals surface area contributed by atoms with Crippen molar-refractivity contribution in [1.82, 2.24) is 4.57 Å². The van der Waals surface area contributed by atoms with E-state index in [0.29, 0.717) is 0 Å². The SMILES string of the molecule is CC1(C)c2ccccc2-c2cc(-n3c4ccccc4c4ccc(-c5cccc(-c6cccc(N(c7ccc(-c8ccccc8)cc7)c7ccc(-c8ccccc8)cc7)c6)c5)cc43)ccc21. The fourth-order valence-corrected chi connectivity index (χ4v) is 10.3. The molecule has 0 N–H and O–H groups in total. The Hall–Kier alpha value is -8.20. The van der Waals surface area contributed by atoms with E-state index in [9.17, 15) is 0 Å². The summed E-state index contributed by atoms with van der Waals surface area (Å²) in [5.74, 6) is 0. The van der Waals surface area contributed by atoms with Crippen molar-refractivity contribution in [2.24, 2.45) is 0 Å². The average Bonchev–Trinajstić information content (AvgIpc) is 3.82. The first-order valence-electron chi connectivity index (χ1n) is 22.6. The van der Waals surface area contributed by atoms with Crippen molar-refractivity contribution in [2.45, 2.75) is 19.3 Å². The van der Waals surface area contributed by atoms with Crippen LogP contribution in [0, 0.1) is 0 Å². The van der Waals surface area contributed by atoms with Crippen LogP contribution in [-0.4, -0.2) is 4.57 Å². The lowest BCUT2D eigenvalue weighted by Gasteiger charge is -2.26. The molecule has 0 bridgehead atoms. The molecule has 2 nitrogen and oxygen atoms in total. The fourth-order valence-electron chi connectivity index (χ4n) is 10.3. The van der Waals surface area contributed by atoms with Crippen molar-refractivity contribution in [3.8, 4) is 61.3 Å². The molecule has 0 amide bonds. The van der Waals surface area contributed by atoms with Crippen LogP contribution >= 0.6 is 0 Å². The molecular weight excluding hydrogens is 785 g/mol. The van der Waals surface area contributed by atoms with Gasteiger partial charge in [0.2, 0.25) is 0 Å². The molecule has 11 aromatic rings. The Balaban J connectivity index is 0.933. The molecule has 0 fully saturated rings. The van der Waals surface area contributed by atoms with Gasteiger partial charge in [-0.05, 0) is 133 Å². The van der Waals surface area contributed by atoms with Crippen LogP contribution in [0.25, 0.3) is 83.1 Å². The molecule has 1 aliphatic rings. The number of para-hydroxylation sites is 1. The normalized spacial score (nSPS) is 12.6. The highest BCUT2D eigenvalue weighted by atomic mass is 15.1. The van der Waals surface area contributed by atoms with Crippen LogP contribution in [0.2, 0.25) is 0 Å². The Morgan fingerprint density at radius 2 is 0.800 bits per heavy atom. The molecule has 0 radical (unpaired) electrons. The van der Waals surface area contributed by atoms with Gasteiger partial charge in [0.15, 0.2) is 0 Å². The van der Waals surface area contributed by atoms with E-state index in [1.54, 1.807) is 0 Å². The van der Waals surface area contributed by atoms with Gasteiger partial charge in [0.05, 0.1) is 11.0 Å². The summed E-state index contributed by atoms with van der Waals surface area (Å²) in [6, 6.07) is 88.8. The summed E-state index contributed by atoms with van der Waals surface area (Å²) in [4.78, 5) is 2.36. The van der Waals surface area contributed by atoms with Crippen LogP contribution in [0.5, 0.6) is 0 Å². The highest BCUT2D eigenvalue weighted by Crippen LogP contribution is 2.49. The van der Waals surface area contributed by atoms with Crippen LogP contribution < -0.4 is 4.90 Å². The summed E-state index contributed by atoms with van der Waals surface area (Å²) in [5, 5.41) is 2.51. The molecule has 0 spiro atoms. The van der Waals surface area contributed by atoms with E-state index in [1.807, 2.05) is 0 Å². The molecule has 1 heterocycles. The summed E-state index contributed by atoms with van der Waals surface area (Å²) in [6.07, 6.45) is 0. The Bertz CT molecular complexity index is 3460. The lowest BCUT2D eigenvalue weighted by atomic mass is 9.82. The van der Waals surface area contributed by atoms with Crippen molar-refractivity contribution < 1.29 is 0 Å². The van der Waals surface area contributed by atoms with Crippen molar-refractivity contribution >= 4 is 38.9 Å². The summed E-state index contributed by atoms with van der Waals surface area (Å²) >= 11 is 0. The lowest BCUT2D eigenvalue weighted by Crippen LogP contribution is -2.14. The lowest BCUT2D eigenvalue weighted by molar-refractivity contribution is 0.660. The van der Waals surface area contributed by atoms with Crippen LogP contribution in [0.3, 0.4) is 0 Å². The van der Waals surface area contributed by atoms with Gasteiger partial charge < -0.3 is 9.47 Å². The predicted molar refractivity (Wildman–Crippen MR) is 275 cm³/mol. The number of nitrogens with zero attached hydrogens (tertiary/aromatic N) is 2. The molecule has 65 heavy (non-hydrogen) atoms. The number of hydrogen-bond donors (Lipinski definition) is 0. The second-order valence-electron chi connectivity index (χ2n) is 17.8. The maximum absolute atomic E-state index is 2.46. The van der Waals surface area contributed by atoms with E-state index >= 15 is 0 Å². The molecule has 12 rings (SSSR count). The van der Waals surface area contributed by atoms with Crippen molar-refractivity contribution in [2.75, 3.05) is 4.90 Å². The van der Waals surface area contributed by atoms with E-state index in [0.717, 1.165) is 22.6 Å². The number of fused-ring (bicyclic) bond motifs is 6. The van der Waals surface area contributed by atoms with Crippen LogP contribution in [0.15, 0.2) is 243 Å². The molecule has 1 aromatic heterocycles. The average molecular weight is 831 g/mol. The van der Waals surface area contributed by atoms with E-state index in [2.05, 4.69) is 266 Å². The predicted octanol–water partition coefficient (Wildman–Crippen LogP) is 17.2. The molecule has 308 valence electrons. The van der Waals surface area contributed by atoms with Gasteiger partial charge in [-0.1, -0.05) is 190 Å². The standard InChI is InChI=1S/C63H46N2/c1-63(2)59-25-11-9-23-55(59)58-42-54(36-38-60(58)63)65-61-26-12-10-24-56(61)57-37-31-50(41-62(57)65)48-20-13-19-47(39-48)49-21-14-22-53(40-49)64(51-32-27-45(28-33-51)43-15-5-3-6-16-43)52-34-29-46(30-35-52)44-17-7-4-8-18-44/h3-42H,1-2H3. The highest BCUT2D eigenvalue weighted by molar-refractivity contribution is 6.10. The number of anilines is 3. The quantitative estimate of drug-likeness (QED) is 0.148. The molecule has 0 saturated carbocycles. The van der Waals surface area contributed by atoms with Gasteiger partial charge >= 0.3 is 0 Å². The van der Waals surface area contributed by atoms with Gasteiger partial charge in [-0.2, -0.15) is 0 Å². The van der Waals surface area contributed by atoms with E-state index in [4.69, 9.17) is 0 Å². The molecule has 0 unspecified atom stereocenters. The molecule has 1 aliphatic carbocycles. The van der Waals surface area contributed by atoms with E-state index in [-0.39, 0.29) is 5.41 Å². The van der Waals surface area contributed by atoms with Crippen molar-refractivity contribution in [1.29, 1.82) is 0 Å². The Kier molecular flexibility index (Phi) is 9.21. The van der Waals surface area contributed by atoms with E-state index in [1.165, 1.54) is 88.7 Å². The Morgan fingerprint density at radius 3 is 1.48 bits per heavy atom. The summed E-state index contributed by atoms with van der Waals surface area (Å²) < 4.78 is 2.46. The number of aromatic nitrogens is 1. The van der Waals surface area contributed by atoms with Gasteiger partial charge in [0.25, 0.3) is 0 Å². The largest absolute Gasteiger partial charge is 0.310 e. The minimum atomic E-state index is -0.0381. The monoisotopic (exact) mass is 830 g/mol. The topological polar surface area (TPSA) is 8.17 Å². The zero-order valence-corrected chi connectivity index (χ0v) is 36.5. The second-order valence-corrected chi connectivity index (χ2v) is 17.8. The van der Waals surface area contributed by atoms with Gasteiger partial charge in [-0.25, -0.2) is 0 Å². The van der Waals surface area contributed by atoms with Crippen LogP contribution in [0.1, 0.15) is 25.0 Å². The van der Waals surface area contributed by atoms with Gasteiger partial charge in [-0.15, -0.1) is 0 Å². The molecule has 0 atom stereocenters. The third-order valence-corrected chi connectivity index (χ3v) is 13.6. The Morgan fingerprint density at radius 1 is 0.308 bits per heavy atom.